The summed E-state index contributed by atoms with van der Waals surface area (Å²) in [4.78, 5) is 9.39. The molecule has 0 aliphatic carbocycles. The molecule has 1 aromatic carbocycles. The third-order valence-electron chi connectivity index (χ3n) is 3.94. The van der Waals surface area contributed by atoms with Gasteiger partial charge >= 0.3 is 0 Å². The van der Waals surface area contributed by atoms with Crippen LogP contribution < -0.4 is 9.80 Å². The van der Waals surface area contributed by atoms with Crippen LogP contribution in [0, 0.1) is 0 Å². The van der Waals surface area contributed by atoms with Crippen molar-refractivity contribution in [1.29, 1.82) is 0 Å². The lowest BCUT2D eigenvalue weighted by atomic mass is 10.2. The van der Waals surface area contributed by atoms with E-state index < -0.39 is 0 Å². The van der Waals surface area contributed by atoms with Gasteiger partial charge in [-0.05, 0) is 30.2 Å². The lowest BCUT2D eigenvalue weighted by Crippen LogP contribution is -2.46. The van der Waals surface area contributed by atoms with E-state index in [0.29, 0.717) is 0 Å². The molecule has 0 radical (unpaired) electrons. The minimum atomic E-state index is 1.04. The highest BCUT2D eigenvalue weighted by molar-refractivity contribution is 5.49. The monoisotopic (exact) mass is 267 g/mol. The molecule has 0 atom stereocenters. The highest BCUT2D eigenvalue weighted by atomic mass is 15.3. The smallest absolute Gasteiger partial charge is 0.128 e. The van der Waals surface area contributed by atoms with Crippen molar-refractivity contribution in [1.82, 2.24) is 4.98 Å². The van der Waals surface area contributed by atoms with E-state index in [2.05, 4.69) is 64.2 Å². The first kappa shape index (κ1) is 13.0. The van der Waals surface area contributed by atoms with Crippen LogP contribution >= 0.6 is 0 Å². The molecule has 20 heavy (non-hydrogen) atoms. The van der Waals surface area contributed by atoms with E-state index in [1.807, 2.05) is 6.20 Å². The number of anilines is 2. The highest BCUT2D eigenvalue weighted by Crippen LogP contribution is 2.19. The summed E-state index contributed by atoms with van der Waals surface area (Å²) in [6.45, 7) is 6.35. The Morgan fingerprint density at radius 3 is 2.20 bits per heavy atom. The third-order valence-corrected chi connectivity index (χ3v) is 3.94. The molecule has 0 amide bonds. The highest BCUT2D eigenvalue weighted by Gasteiger charge is 2.17. The van der Waals surface area contributed by atoms with Crippen LogP contribution in [0.1, 0.15) is 12.5 Å². The van der Waals surface area contributed by atoms with Gasteiger partial charge in [0.2, 0.25) is 0 Å². The maximum atomic E-state index is 4.58. The standard InChI is InChI=1S/C17H21N3/c1-2-15-8-9-17(18-14-15)20-12-10-19(11-13-20)16-6-4-3-5-7-16/h3-9,14H,2,10-13H2,1H3. The zero-order chi connectivity index (χ0) is 13.8. The van der Waals surface area contributed by atoms with Gasteiger partial charge in [-0.2, -0.15) is 0 Å². The van der Waals surface area contributed by atoms with Crippen LogP contribution in [-0.2, 0) is 6.42 Å². The Labute approximate surface area is 120 Å². The van der Waals surface area contributed by atoms with Crippen molar-refractivity contribution in [3.8, 4) is 0 Å². The first-order valence-corrected chi connectivity index (χ1v) is 7.36. The fourth-order valence-electron chi connectivity index (χ4n) is 2.65. The van der Waals surface area contributed by atoms with Gasteiger partial charge in [-0.3, -0.25) is 0 Å². The van der Waals surface area contributed by atoms with Gasteiger partial charge in [-0.1, -0.05) is 31.2 Å². The molecule has 1 fully saturated rings. The zero-order valence-corrected chi connectivity index (χ0v) is 12.0. The van der Waals surface area contributed by atoms with Crippen molar-refractivity contribution in [3.05, 3.63) is 54.2 Å². The van der Waals surface area contributed by atoms with E-state index in [1.165, 1.54) is 11.3 Å². The maximum Gasteiger partial charge on any atom is 0.128 e. The van der Waals surface area contributed by atoms with E-state index in [4.69, 9.17) is 0 Å². The van der Waals surface area contributed by atoms with E-state index in [-0.39, 0.29) is 0 Å². The molecular weight excluding hydrogens is 246 g/mol. The van der Waals surface area contributed by atoms with Crippen LogP contribution in [0.4, 0.5) is 11.5 Å². The Morgan fingerprint density at radius 1 is 0.900 bits per heavy atom. The lowest BCUT2D eigenvalue weighted by molar-refractivity contribution is 0.647. The number of pyridine rings is 1. The van der Waals surface area contributed by atoms with Crippen molar-refractivity contribution >= 4 is 11.5 Å². The first-order valence-electron chi connectivity index (χ1n) is 7.36. The largest absolute Gasteiger partial charge is 0.368 e. The summed E-state index contributed by atoms with van der Waals surface area (Å²) >= 11 is 0. The Bertz CT molecular complexity index is 528. The summed E-state index contributed by atoms with van der Waals surface area (Å²) in [6.07, 6.45) is 3.05. The Kier molecular flexibility index (Phi) is 3.86. The van der Waals surface area contributed by atoms with Crippen LogP contribution in [0.25, 0.3) is 0 Å². The molecule has 2 heterocycles. The van der Waals surface area contributed by atoms with Crippen LogP contribution in [0.15, 0.2) is 48.7 Å². The molecule has 2 aromatic rings. The van der Waals surface area contributed by atoms with Crippen molar-refractivity contribution in [2.45, 2.75) is 13.3 Å². The van der Waals surface area contributed by atoms with Crippen molar-refractivity contribution < 1.29 is 0 Å². The number of piperazine rings is 1. The third kappa shape index (κ3) is 2.77. The van der Waals surface area contributed by atoms with Crippen LogP contribution in [0.2, 0.25) is 0 Å². The quantitative estimate of drug-likeness (QED) is 0.852. The summed E-state index contributed by atoms with van der Waals surface area (Å²) in [6, 6.07) is 15.0. The summed E-state index contributed by atoms with van der Waals surface area (Å²) in [5.41, 5.74) is 2.62. The number of hydrogen-bond acceptors (Lipinski definition) is 3. The molecule has 0 spiro atoms. The minimum absolute atomic E-state index is 1.04. The molecule has 3 nitrogen and oxygen atoms in total. The molecule has 0 unspecified atom stereocenters. The zero-order valence-electron chi connectivity index (χ0n) is 12.0. The van der Waals surface area contributed by atoms with Gasteiger partial charge in [0, 0.05) is 38.1 Å². The summed E-state index contributed by atoms with van der Waals surface area (Å²) in [7, 11) is 0. The van der Waals surface area contributed by atoms with E-state index in [0.717, 1.165) is 38.4 Å². The van der Waals surface area contributed by atoms with Gasteiger partial charge in [0.25, 0.3) is 0 Å². The number of para-hydroxylation sites is 1. The minimum Gasteiger partial charge on any atom is -0.368 e. The number of rotatable bonds is 3. The van der Waals surface area contributed by atoms with E-state index in [9.17, 15) is 0 Å². The van der Waals surface area contributed by atoms with E-state index >= 15 is 0 Å². The topological polar surface area (TPSA) is 19.4 Å². The second-order valence-corrected chi connectivity index (χ2v) is 5.19. The average Bonchev–Trinajstić information content (AvgIpc) is 2.56. The molecule has 1 saturated heterocycles. The Morgan fingerprint density at radius 2 is 1.60 bits per heavy atom. The van der Waals surface area contributed by atoms with Gasteiger partial charge < -0.3 is 9.80 Å². The van der Waals surface area contributed by atoms with Crippen LogP contribution in [0.5, 0.6) is 0 Å². The molecule has 1 aliphatic heterocycles. The first-order chi connectivity index (χ1) is 9.86. The Hall–Kier alpha value is -2.03. The number of benzene rings is 1. The predicted molar refractivity (Wildman–Crippen MR) is 84.5 cm³/mol. The average molecular weight is 267 g/mol. The summed E-state index contributed by atoms with van der Waals surface area (Å²) in [5.74, 6) is 1.11. The molecule has 104 valence electrons. The van der Waals surface area contributed by atoms with Gasteiger partial charge in [0.1, 0.15) is 5.82 Å². The van der Waals surface area contributed by atoms with Crippen molar-refractivity contribution in [3.63, 3.8) is 0 Å². The number of aryl methyl sites for hydroxylation is 1. The normalized spacial score (nSPS) is 15.4. The lowest BCUT2D eigenvalue weighted by Gasteiger charge is -2.36. The fraction of sp³-hybridized carbons (Fsp3) is 0.353. The second kappa shape index (κ2) is 5.95. The van der Waals surface area contributed by atoms with Crippen molar-refractivity contribution in [2.75, 3.05) is 36.0 Å². The molecule has 3 heteroatoms. The molecule has 0 saturated carbocycles. The molecule has 1 aromatic heterocycles. The van der Waals surface area contributed by atoms with Gasteiger partial charge in [-0.25, -0.2) is 4.98 Å². The van der Waals surface area contributed by atoms with Crippen LogP contribution in [0.3, 0.4) is 0 Å². The predicted octanol–water partition coefficient (Wildman–Crippen LogP) is 2.97. The van der Waals surface area contributed by atoms with Gasteiger partial charge in [0.05, 0.1) is 0 Å². The summed E-state index contributed by atoms with van der Waals surface area (Å²) < 4.78 is 0. The second-order valence-electron chi connectivity index (χ2n) is 5.19. The molecule has 3 rings (SSSR count). The number of hydrogen-bond donors (Lipinski definition) is 0. The van der Waals surface area contributed by atoms with Gasteiger partial charge in [-0.15, -0.1) is 0 Å². The molecular formula is C17H21N3. The maximum absolute atomic E-state index is 4.58. The van der Waals surface area contributed by atoms with Crippen LogP contribution in [-0.4, -0.2) is 31.2 Å². The van der Waals surface area contributed by atoms with Crippen molar-refractivity contribution in [2.24, 2.45) is 0 Å². The molecule has 0 N–H and O–H groups in total. The number of aromatic nitrogens is 1. The van der Waals surface area contributed by atoms with E-state index in [1.54, 1.807) is 0 Å². The Balaban J connectivity index is 1.63. The fourth-order valence-corrected chi connectivity index (χ4v) is 2.65. The molecule has 1 aliphatic rings. The van der Waals surface area contributed by atoms with Gasteiger partial charge in [0.15, 0.2) is 0 Å². The molecule has 0 bridgehead atoms. The number of nitrogens with zero attached hydrogens (tertiary/aromatic N) is 3. The summed E-state index contributed by atoms with van der Waals surface area (Å²) in [5, 5.41) is 0. The SMILES string of the molecule is CCc1ccc(N2CCN(c3ccccc3)CC2)nc1.